The molecular formula is C21H18N6OS. The van der Waals surface area contributed by atoms with Gasteiger partial charge >= 0.3 is 0 Å². The molecule has 2 heterocycles. The summed E-state index contributed by atoms with van der Waals surface area (Å²) in [4.78, 5) is 17.6. The average molecular weight is 402 g/mol. The van der Waals surface area contributed by atoms with Gasteiger partial charge in [0.15, 0.2) is 5.13 Å². The Morgan fingerprint density at radius 2 is 2.10 bits per heavy atom. The molecule has 0 atom stereocenters. The van der Waals surface area contributed by atoms with Crippen LogP contribution in [0.3, 0.4) is 0 Å². The fourth-order valence-corrected chi connectivity index (χ4v) is 3.69. The van der Waals surface area contributed by atoms with Gasteiger partial charge in [-0.15, -0.1) is 16.4 Å². The molecule has 0 aliphatic heterocycles. The van der Waals surface area contributed by atoms with E-state index < -0.39 is 0 Å². The van der Waals surface area contributed by atoms with E-state index in [2.05, 4.69) is 50.9 Å². The van der Waals surface area contributed by atoms with Gasteiger partial charge in [0.25, 0.3) is 0 Å². The molecule has 144 valence electrons. The number of amides is 1. The second-order valence-corrected chi connectivity index (χ2v) is 7.58. The van der Waals surface area contributed by atoms with Crippen LogP contribution in [0, 0.1) is 6.92 Å². The molecule has 0 aliphatic carbocycles. The molecule has 0 unspecified atom stereocenters. The number of thiazole rings is 1. The molecule has 0 bridgehead atoms. The number of benzene rings is 2. The number of rotatable bonds is 6. The van der Waals surface area contributed by atoms with Gasteiger partial charge in [-0.05, 0) is 46.7 Å². The van der Waals surface area contributed by atoms with Crippen molar-refractivity contribution in [2.45, 2.75) is 13.3 Å². The first-order valence-corrected chi connectivity index (χ1v) is 9.80. The topological polar surface area (TPSA) is 85.6 Å². The number of carbonyl (C=O) groups is 1. The van der Waals surface area contributed by atoms with E-state index in [1.165, 1.54) is 34.9 Å². The summed E-state index contributed by atoms with van der Waals surface area (Å²) in [5.74, 6) is -0.228. The normalized spacial score (nSPS) is 11.1. The maximum Gasteiger partial charge on any atom is 0.250 e. The molecule has 0 fully saturated rings. The van der Waals surface area contributed by atoms with Crippen LogP contribution in [-0.4, -0.2) is 31.1 Å². The van der Waals surface area contributed by atoms with Gasteiger partial charge in [-0.25, -0.2) is 9.67 Å². The number of aromatic nitrogens is 5. The Kier molecular flexibility index (Phi) is 5.53. The van der Waals surface area contributed by atoms with E-state index in [0.29, 0.717) is 5.13 Å². The van der Waals surface area contributed by atoms with Crippen LogP contribution >= 0.6 is 11.3 Å². The molecule has 4 rings (SSSR count). The second kappa shape index (κ2) is 8.57. The summed E-state index contributed by atoms with van der Waals surface area (Å²) in [6, 6.07) is 15.9. The van der Waals surface area contributed by atoms with Crippen LogP contribution in [0.2, 0.25) is 0 Å². The van der Waals surface area contributed by atoms with Gasteiger partial charge in [-0.3, -0.25) is 10.1 Å². The largest absolute Gasteiger partial charge is 0.298 e. The first kappa shape index (κ1) is 18.7. The van der Waals surface area contributed by atoms with Gasteiger partial charge in [-0.1, -0.05) is 42.0 Å². The second-order valence-electron chi connectivity index (χ2n) is 6.47. The third-order valence-electron chi connectivity index (χ3n) is 4.16. The quantitative estimate of drug-likeness (QED) is 0.497. The number of nitrogens with zero attached hydrogens (tertiary/aromatic N) is 5. The zero-order chi connectivity index (χ0) is 20.1. The van der Waals surface area contributed by atoms with Crippen molar-refractivity contribution in [3.8, 4) is 5.69 Å². The highest BCUT2D eigenvalue weighted by Gasteiger charge is 2.06. The van der Waals surface area contributed by atoms with E-state index in [1.807, 2.05) is 36.5 Å². The van der Waals surface area contributed by atoms with Crippen LogP contribution in [-0.2, 0) is 11.2 Å². The summed E-state index contributed by atoms with van der Waals surface area (Å²) < 4.78 is 1.56. The lowest BCUT2D eigenvalue weighted by Crippen LogP contribution is -2.07. The van der Waals surface area contributed by atoms with Crippen LogP contribution in [0.15, 0.2) is 67.1 Å². The number of nitrogens with one attached hydrogen (secondary N) is 1. The molecule has 29 heavy (non-hydrogen) atoms. The van der Waals surface area contributed by atoms with Crippen LogP contribution in [0.25, 0.3) is 11.8 Å². The molecule has 8 heteroatoms. The standard InChI is InChI=1S/C21H18N6OS/c1-15-4-2-6-17(10-15)12-19-13-22-21(29-19)24-20(28)9-8-16-5-3-7-18(11-16)27-14-23-25-26-27/h2-11,13-14H,12H2,1H3,(H,22,24,28)/b9-8+. The van der Waals surface area contributed by atoms with E-state index in [0.717, 1.165) is 22.5 Å². The summed E-state index contributed by atoms with van der Waals surface area (Å²) in [6.45, 7) is 2.08. The molecule has 1 N–H and O–H groups in total. The smallest absolute Gasteiger partial charge is 0.250 e. The van der Waals surface area contributed by atoms with Gasteiger partial charge in [0.2, 0.25) is 5.91 Å². The van der Waals surface area contributed by atoms with Crippen molar-refractivity contribution in [2.24, 2.45) is 0 Å². The van der Waals surface area contributed by atoms with Crippen LogP contribution < -0.4 is 5.32 Å². The van der Waals surface area contributed by atoms with E-state index in [1.54, 1.807) is 10.8 Å². The summed E-state index contributed by atoms with van der Waals surface area (Å²) in [6.07, 6.45) is 7.36. The number of carbonyl (C=O) groups excluding carboxylic acids is 1. The van der Waals surface area contributed by atoms with Crippen molar-refractivity contribution >= 4 is 28.5 Å². The summed E-state index contributed by atoms with van der Waals surface area (Å²) in [5.41, 5.74) is 4.15. The van der Waals surface area contributed by atoms with Crippen molar-refractivity contribution in [1.29, 1.82) is 0 Å². The first-order chi connectivity index (χ1) is 14.2. The summed E-state index contributed by atoms with van der Waals surface area (Å²) >= 11 is 1.48. The molecule has 0 spiro atoms. The fourth-order valence-electron chi connectivity index (χ4n) is 2.84. The molecule has 2 aromatic heterocycles. The molecule has 1 amide bonds. The number of anilines is 1. The van der Waals surface area contributed by atoms with Crippen LogP contribution in [0.4, 0.5) is 5.13 Å². The molecule has 0 saturated heterocycles. The fraction of sp³-hybridized carbons (Fsp3) is 0.0952. The van der Waals surface area contributed by atoms with Gasteiger partial charge < -0.3 is 0 Å². The predicted octanol–water partition coefficient (Wildman–Crippen LogP) is 3.67. The van der Waals surface area contributed by atoms with Crippen molar-refractivity contribution in [1.82, 2.24) is 25.2 Å². The lowest BCUT2D eigenvalue weighted by atomic mass is 10.1. The maximum absolute atomic E-state index is 12.2. The number of hydrogen-bond donors (Lipinski definition) is 1. The Morgan fingerprint density at radius 3 is 2.93 bits per heavy atom. The van der Waals surface area contributed by atoms with E-state index in [4.69, 9.17) is 0 Å². The summed E-state index contributed by atoms with van der Waals surface area (Å²) in [5, 5.41) is 14.5. The minimum Gasteiger partial charge on any atom is -0.298 e. The Hall–Kier alpha value is -3.65. The van der Waals surface area contributed by atoms with E-state index >= 15 is 0 Å². The lowest BCUT2D eigenvalue weighted by molar-refractivity contribution is -0.111. The molecule has 0 radical (unpaired) electrons. The first-order valence-electron chi connectivity index (χ1n) is 8.98. The lowest BCUT2D eigenvalue weighted by Gasteiger charge is -2.01. The highest BCUT2D eigenvalue weighted by molar-refractivity contribution is 7.15. The molecule has 7 nitrogen and oxygen atoms in total. The maximum atomic E-state index is 12.2. The molecule has 0 saturated carbocycles. The third-order valence-corrected chi connectivity index (χ3v) is 5.07. The van der Waals surface area contributed by atoms with Crippen molar-refractivity contribution in [3.05, 3.63) is 88.7 Å². The predicted molar refractivity (Wildman–Crippen MR) is 113 cm³/mol. The van der Waals surface area contributed by atoms with Gasteiger partial charge in [0.1, 0.15) is 6.33 Å². The zero-order valence-electron chi connectivity index (χ0n) is 15.7. The molecule has 4 aromatic rings. The van der Waals surface area contributed by atoms with Gasteiger partial charge in [-0.2, -0.15) is 0 Å². The van der Waals surface area contributed by atoms with E-state index in [9.17, 15) is 4.79 Å². The van der Waals surface area contributed by atoms with Gasteiger partial charge in [0.05, 0.1) is 5.69 Å². The minimum atomic E-state index is -0.228. The van der Waals surface area contributed by atoms with E-state index in [-0.39, 0.29) is 5.91 Å². The summed E-state index contributed by atoms with van der Waals surface area (Å²) in [7, 11) is 0. The molecular weight excluding hydrogens is 384 g/mol. The van der Waals surface area contributed by atoms with Crippen molar-refractivity contribution in [3.63, 3.8) is 0 Å². The number of tetrazole rings is 1. The third kappa shape index (κ3) is 4.99. The Morgan fingerprint density at radius 1 is 1.21 bits per heavy atom. The van der Waals surface area contributed by atoms with Crippen LogP contribution in [0.5, 0.6) is 0 Å². The number of hydrogen-bond acceptors (Lipinski definition) is 6. The Balaban J connectivity index is 1.38. The monoisotopic (exact) mass is 402 g/mol. The number of aryl methyl sites for hydroxylation is 1. The SMILES string of the molecule is Cc1cccc(Cc2cnc(NC(=O)/C=C/c3cccc(-n4cnnn4)c3)s2)c1. The van der Waals surface area contributed by atoms with Gasteiger partial charge in [0, 0.05) is 23.6 Å². The average Bonchev–Trinajstić information content (AvgIpc) is 3.39. The highest BCUT2D eigenvalue weighted by Crippen LogP contribution is 2.21. The Bertz CT molecular complexity index is 1150. The minimum absolute atomic E-state index is 0.228. The molecule has 0 aliphatic rings. The highest BCUT2D eigenvalue weighted by atomic mass is 32.1. The zero-order valence-corrected chi connectivity index (χ0v) is 16.5. The van der Waals surface area contributed by atoms with Crippen molar-refractivity contribution < 1.29 is 4.79 Å². The van der Waals surface area contributed by atoms with Crippen LogP contribution in [0.1, 0.15) is 21.6 Å². The Labute approximate surface area is 171 Å². The van der Waals surface area contributed by atoms with Crippen molar-refractivity contribution in [2.75, 3.05) is 5.32 Å². The molecule has 2 aromatic carbocycles.